The van der Waals surface area contributed by atoms with E-state index in [1.165, 1.54) is 103 Å². The van der Waals surface area contributed by atoms with Gasteiger partial charge in [0, 0.05) is 101 Å². The number of fused-ring (bicyclic) bond motifs is 2. The second-order valence-corrected chi connectivity index (χ2v) is 13.1. The maximum atomic E-state index is 5.33. The summed E-state index contributed by atoms with van der Waals surface area (Å²) in [5.41, 5.74) is 3.38. The van der Waals surface area contributed by atoms with Crippen molar-refractivity contribution in [2.75, 3.05) is 78.5 Å². The van der Waals surface area contributed by atoms with Crippen molar-refractivity contribution in [2.45, 2.75) is 40.5 Å². The molecule has 8 saturated heterocycles. The Morgan fingerprint density at radius 2 is 0.938 bits per heavy atom. The first-order valence-corrected chi connectivity index (χ1v) is 13.4. The van der Waals surface area contributed by atoms with Gasteiger partial charge in [0.1, 0.15) is 0 Å². The normalized spacial score (nSPS) is 49.6. The summed E-state index contributed by atoms with van der Waals surface area (Å²) in [5, 5.41) is 10.7. The van der Waals surface area contributed by atoms with E-state index in [1.54, 1.807) is 0 Å². The van der Waals surface area contributed by atoms with Crippen molar-refractivity contribution < 1.29 is 0 Å². The molecule has 4 atom stereocenters. The Labute approximate surface area is 195 Å². The summed E-state index contributed by atoms with van der Waals surface area (Å²) in [5.74, 6) is 2.56. The van der Waals surface area contributed by atoms with Crippen LogP contribution in [0.1, 0.15) is 40.5 Å². The molecule has 0 spiro atoms. The number of piperidine rings is 4. The van der Waals surface area contributed by atoms with Crippen LogP contribution in [0, 0.1) is 34.5 Å². The minimum Gasteiger partial charge on any atom is -0.300 e. The third kappa shape index (κ3) is 3.60. The fourth-order valence-electron chi connectivity index (χ4n) is 8.73. The molecule has 178 valence electrons. The average Bonchev–Trinajstić information content (AvgIpc) is 3.06. The molecule has 0 aromatic rings. The summed E-state index contributed by atoms with van der Waals surface area (Å²) in [7, 11) is 0. The largest absolute Gasteiger partial charge is 0.300 e. The van der Waals surface area contributed by atoms with Crippen molar-refractivity contribution in [3.63, 3.8) is 0 Å². The minimum atomic E-state index is 0.219. The molecule has 8 aliphatic rings. The van der Waals surface area contributed by atoms with E-state index in [4.69, 9.17) is 10.2 Å². The summed E-state index contributed by atoms with van der Waals surface area (Å²) in [6, 6.07) is 0. The molecule has 6 heteroatoms. The Morgan fingerprint density at radius 1 is 0.625 bits per heavy atom. The zero-order valence-corrected chi connectivity index (χ0v) is 20.9. The van der Waals surface area contributed by atoms with E-state index in [0.717, 1.165) is 0 Å². The Balaban J connectivity index is 1.39. The zero-order valence-electron chi connectivity index (χ0n) is 20.9. The maximum absolute atomic E-state index is 5.33. The smallest absolute Gasteiger partial charge is 0.0549 e. The Bertz CT molecular complexity index is 702. The van der Waals surface area contributed by atoms with E-state index in [9.17, 15) is 0 Å². The molecule has 0 aromatic carbocycles. The topological polar surface area (TPSA) is 37.7 Å². The monoisotopic (exact) mass is 440 g/mol. The number of rotatable bonds is 5. The van der Waals surface area contributed by atoms with Crippen LogP contribution >= 0.6 is 0 Å². The van der Waals surface area contributed by atoms with Gasteiger partial charge in [-0.3, -0.25) is 0 Å². The molecule has 4 unspecified atom stereocenters. The summed E-state index contributed by atoms with van der Waals surface area (Å²) in [6.07, 6.45) is 2.50. The lowest BCUT2D eigenvalue weighted by molar-refractivity contribution is 0.0980. The molecular weight excluding hydrogens is 396 g/mol. The molecule has 8 fully saturated rings. The van der Waals surface area contributed by atoms with Gasteiger partial charge in [0.2, 0.25) is 0 Å². The summed E-state index contributed by atoms with van der Waals surface area (Å²) >= 11 is 0. The third-order valence-corrected chi connectivity index (χ3v) is 9.21. The molecule has 32 heavy (non-hydrogen) atoms. The van der Waals surface area contributed by atoms with Gasteiger partial charge in [-0.1, -0.05) is 27.7 Å². The number of nitrogens with zero attached hydrogens (tertiary/aromatic N) is 6. The fourth-order valence-corrected chi connectivity index (χ4v) is 8.73. The standard InChI is InChI=1S/C26H44N6/c1-19(2)9-25-15-29-5-6-30(16-25)12-21(11-29)23(25)27-28-24-22-13-31-7-8-32(14-22)18-26(24,17-31)10-20(3)4/h19-22H,5-18H2,1-4H3/b27-23-,28-24?. The van der Waals surface area contributed by atoms with Crippen molar-refractivity contribution in [2.24, 2.45) is 44.7 Å². The Morgan fingerprint density at radius 3 is 1.22 bits per heavy atom. The SMILES string of the molecule is CC(C)CC12CN3CCN(CC(C3)C1=N/N=C1/C3CN4CCN(C3)CC1(CC(C)C)C4)C2. The molecule has 6 nitrogen and oxygen atoms in total. The van der Waals surface area contributed by atoms with Gasteiger partial charge in [0.05, 0.1) is 11.4 Å². The van der Waals surface area contributed by atoms with Gasteiger partial charge < -0.3 is 19.6 Å². The lowest BCUT2D eigenvalue weighted by Crippen LogP contribution is -2.62. The van der Waals surface area contributed by atoms with Gasteiger partial charge in [0.15, 0.2) is 0 Å². The number of hydrogen-bond donors (Lipinski definition) is 0. The molecule has 8 rings (SSSR count). The van der Waals surface area contributed by atoms with Gasteiger partial charge in [-0.25, -0.2) is 0 Å². The van der Waals surface area contributed by atoms with E-state index >= 15 is 0 Å². The molecule has 0 amide bonds. The average molecular weight is 441 g/mol. The first-order valence-electron chi connectivity index (χ1n) is 13.4. The highest BCUT2D eigenvalue weighted by atomic mass is 15.3. The predicted octanol–water partition coefficient (Wildman–Crippen LogP) is 2.37. The molecule has 0 N–H and O–H groups in total. The van der Waals surface area contributed by atoms with Gasteiger partial charge in [-0.2, -0.15) is 10.2 Å². The minimum absolute atomic E-state index is 0.219. The summed E-state index contributed by atoms with van der Waals surface area (Å²) in [6.45, 7) is 24.1. The molecule has 0 saturated carbocycles. The van der Waals surface area contributed by atoms with Crippen LogP contribution in [0.25, 0.3) is 0 Å². The Hall–Kier alpha value is -0.820. The Kier molecular flexibility index (Phi) is 5.33. The highest BCUT2D eigenvalue weighted by molar-refractivity contribution is 5.98. The third-order valence-electron chi connectivity index (χ3n) is 9.21. The predicted molar refractivity (Wildman–Crippen MR) is 131 cm³/mol. The lowest BCUT2D eigenvalue weighted by atomic mass is 9.66. The lowest BCUT2D eigenvalue weighted by Gasteiger charge is -2.52. The summed E-state index contributed by atoms with van der Waals surface area (Å²) in [4.78, 5) is 10.9. The first-order chi connectivity index (χ1) is 15.3. The number of hydrogen-bond acceptors (Lipinski definition) is 6. The van der Waals surface area contributed by atoms with Crippen molar-refractivity contribution in [3.8, 4) is 0 Å². The van der Waals surface area contributed by atoms with Crippen molar-refractivity contribution in [1.82, 2.24) is 19.6 Å². The van der Waals surface area contributed by atoms with E-state index < -0.39 is 0 Å². The molecule has 8 aliphatic heterocycles. The molecule has 0 aromatic heterocycles. The van der Waals surface area contributed by atoms with E-state index in [2.05, 4.69) is 47.3 Å². The molecular formula is C26H44N6. The van der Waals surface area contributed by atoms with Crippen LogP contribution in [0.4, 0.5) is 0 Å². The van der Waals surface area contributed by atoms with Gasteiger partial charge in [-0.15, -0.1) is 0 Å². The zero-order chi connectivity index (χ0) is 22.1. The van der Waals surface area contributed by atoms with E-state index in [0.29, 0.717) is 23.7 Å². The molecule has 8 heterocycles. The van der Waals surface area contributed by atoms with Crippen LogP contribution in [0.3, 0.4) is 0 Å². The van der Waals surface area contributed by atoms with Crippen LogP contribution in [-0.2, 0) is 0 Å². The summed E-state index contributed by atoms with van der Waals surface area (Å²) < 4.78 is 0. The van der Waals surface area contributed by atoms with Crippen LogP contribution in [0.5, 0.6) is 0 Å². The van der Waals surface area contributed by atoms with Crippen LogP contribution in [0.2, 0.25) is 0 Å². The van der Waals surface area contributed by atoms with Gasteiger partial charge >= 0.3 is 0 Å². The van der Waals surface area contributed by atoms with Crippen LogP contribution in [0.15, 0.2) is 10.2 Å². The maximum Gasteiger partial charge on any atom is 0.0549 e. The van der Waals surface area contributed by atoms with Crippen molar-refractivity contribution in [3.05, 3.63) is 0 Å². The first kappa shape index (κ1) is 21.7. The fraction of sp³-hybridized carbons (Fsp3) is 0.923. The highest BCUT2D eigenvalue weighted by Crippen LogP contribution is 2.45. The van der Waals surface area contributed by atoms with Crippen molar-refractivity contribution >= 4 is 11.4 Å². The second kappa shape index (κ2) is 7.86. The molecule has 0 aliphatic carbocycles. The van der Waals surface area contributed by atoms with Gasteiger partial charge in [0.25, 0.3) is 0 Å². The van der Waals surface area contributed by atoms with Gasteiger partial charge in [-0.05, 0) is 24.7 Å². The van der Waals surface area contributed by atoms with Crippen LogP contribution in [-0.4, -0.2) is 110 Å². The highest BCUT2D eigenvalue weighted by Gasteiger charge is 2.54. The molecule has 8 bridgehead atoms. The van der Waals surface area contributed by atoms with Crippen LogP contribution < -0.4 is 0 Å². The second-order valence-electron chi connectivity index (χ2n) is 13.1. The van der Waals surface area contributed by atoms with E-state index in [1.807, 2.05) is 0 Å². The van der Waals surface area contributed by atoms with E-state index in [-0.39, 0.29) is 10.8 Å². The quantitative estimate of drug-likeness (QED) is 0.615. The van der Waals surface area contributed by atoms with Crippen molar-refractivity contribution in [1.29, 1.82) is 0 Å². The molecule has 0 radical (unpaired) electrons.